The maximum Gasteiger partial charge on any atom is 0.306 e. The molecular weight excluding hydrogens is 813 g/mol. The number of aliphatic carboxylic acids is 2. The fourth-order valence-corrected chi connectivity index (χ4v) is 7.31. The third-order valence-corrected chi connectivity index (χ3v) is 10.7. The van der Waals surface area contributed by atoms with E-state index in [0.29, 0.717) is 46.8 Å². The lowest BCUT2D eigenvalue weighted by atomic mass is 9.92. The Morgan fingerprint density at radius 3 is 1.41 bits per heavy atom. The lowest BCUT2D eigenvalue weighted by Gasteiger charge is -2.18. The molecule has 2 atom stereocenters. The minimum absolute atomic E-state index is 0.0885. The van der Waals surface area contributed by atoms with Crippen molar-refractivity contribution in [2.75, 3.05) is 13.1 Å². The summed E-state index contributed by atoms with van der Waals surface area (Å²) in [6, 6.07) is 31.3. The first-order valence-corrected chi connectivity index (χ1v) is 20.5. The first kappa shape index (κ1) is 46.1. The zero-order chi connectivity index (χ0) is 45.6. The highest BCUT2D eigenvalue weighted by atomic mass is 16.5. The van der Waals surface area contributed by atoms with Crippen LogP contribution in [0, 0.1) is 36.5 Å². The molecule has 326 valence electrons. The van der Waals surface area contributed by atoms with E-state index >= 15 is 0 Å². The predicted molar refractivity (Wildman–Crippen MR) is 239 cm³/mol. The second-order valence-corrected chi connectivity index (χ2v) is 15.3. The Balaban J connectivity index is 1.18. The number of carboxylic acids is 2. The number of carboxylic acid groups (broad SMARTS) is 2. The van der Waals surface area contributed by atoms with Crippen LogP contribution in [-0.4, -0.2) is 67.6 Å². The molecule has 0 aliphatic heterocycles. The highest BCUT2D eigenvalue weighted by Crippen LogP contribution is 2.34. The summed E-state index contributed by atoms with van der Waals surface area (Å²) in [7, 11) is 0. The number of nitrogens with one attached hydrogen (secondary N) is 2. The van der Waals surface area contributed by atoms with Crippen LogP contribution in [0.3, 0.4) is 0 Å². The standard InChI is InChI=1S/C50H48N6O8/c1-31-37(29-63-43-11-9-35(23-55-27-41(57)15-49(59)60)47(17-43)39-13-33(19-51)21-53-25-39)5-3-7-45(31)46-8-4-6-38(32(46)2)30-64-44-12-10-36(24-56-28-42(58)16-50(61)62)48(18-44)40-14-34(20-52)22-54-26-40/h3-14,17-18,21-22,25-26,41-42,55-58H,15-16,23-24,27-30H2,1-2H3,(H,59,60)(H,61,62). The maximum atomic E-state index is 11.0. The Labute approximate surface area is 371 Å². The molecule has 6 rings (SSSR count). The largest absolute Gasteiger partial charge is 0.489 e. The van der Waals surface area contributed by atoms with Crippen LogP contribution < -0.4 is 20.1 Å². The number of nitrogens with zero attached hydrogens (tertiary/aromatic N) is 4. The molecule has 6 aromatic rings. The van der Waals surface area contributed by atoms with Crippen LogP contribution in [-0.2, 0) is 35.9 Å². The van der Waals surface area contributed by atoms with Crippen molar-refractivity contribution in [1.29, 1.82) is 10.5 Å². The van der Waals surface area contributed by atoms with Crippen molar-refractivity contribution in [3.05, 3.63) is 154 Å². The van der Waals surface area contributed by atoms with E-state index in [1.54, 1.807) is 24.5 Å². The number of benzene rings is 4. The first-order valence-electron chi connectivity index (χ1n) is 20.5. The van der Waals surface area contributed by atoms with Crippen molar-refractivity contribution in [2.45, 2.75) is 65.2 Å². The fourth-order valence-electron chi connectivity index (χ4n) is 7.31. The highest BCUT2D eigenvalue weighted by Gasteiger charge is 2.16. The number of nitriles is 2. The van der Waals surface area contributed by atoms with Gasteiger partial charge in [0.25, 0.3) is 0 Å². The SMILES string of the molecule is Cc1c(COc2ccc(CNCC(O)CC(=O)O)c(-c3cncc(C#N)c3)c2)cccc1-c1cccc(COc2ccc(CNCC(O)CC(=O)O)c(-c3cncc(C#N)c3)c2)c1C. The molecule has 0 spiro atoms. The lowest BCUT2D eigenvalue weighted by Crippen LogP contribution is -2.28. The molecule has 0 aliphatic carbocycles. The van der Waals surface area contributed by atoms with Gasteiger partial charge in [0.2, 0.25) is 0 Å². The number of aromatic nitrogens is 2. The summed E-state index contributed by atoms with van der Waals surface area (Å²) < 4.78 is 12.8. The van der Waals surface area contributed by atoms with Crippen LogP contribution >= 0.6 is 0 Å². The predicted octanol–water partition coefficient (Wildman–Crippen LogP) is 6.85. The molecule has 64 heavy (non-hydrogen) atoms. The van der Waals surface area contributed by atoms with Gasteiger partial charge in [-0.05, 0) is 106 Å². The number of ether oxygens (including phenoxy) is 2. The second-order valence-electron chi connectivity index (χ2n) is 15.3. The summed E-state index contributed by atoms with van der Waals surface area (Å²) in [6.45, 7) is 5.53. The molecule has 0 radical (unpaired) electrons. The van der Waals surface area contributed by atoms with Crippen LogP contribution in [0.15, 0.2) is 110 Å². The van der Waals surface area contributed by atoms with E-state index in [9.17, 15) is 30.3 Å². The summed E-state index contributed by atoms with van der Waals surface area (Å²) >= 11 is 0. The Bertz CT molecular complexity index is 2520. The smallest absolute Gasteiger partial charge is 0.306 e. The number of aliphatic hydroxyl groups excluding tert-OH is 2. The second kappa shape index (κ2) is 22.1. The minimum atomic E-state index is -1.08. The van der Waals surface area contributed by atoms with E-state index in [4.69, 9.17) is 19.7 Å². The molecule has 4 aromatic carbocycles. The van der Waals surface area contributed by atoms with Gasteiger partial charge in [-0.25, -0.2) is 0 Å². The summed E-state index contributed by atoms with van der Waals surface area (Å²) in [4.78, 5) is 30.5. The van der Waals surface area contributed by atoms with Gasteiger partial charge in [-0.2, -0.15) is 10.5 Å². The monoisotopic (exact) mass is 860 g/mol. The van der Waals surface area contributed by atoms with Crippen molar-refractivity contribution < 1.29 is 39.5 Å². The van der Waals surface area contributed by atoms with Crippen LogP contribution in [0.25, 0.3) is 33.4 Å². The molecular formula is C50H48N6O8. The van der Waals surface area contributed by atoms with Crippen LogP contribution in [0.5, 0.6) is 11.5 Å². The number of hydrogen-bond donors (Lipinski definition) is 6. The summed E-state index contributed by atoms with van der Waals surface area (Å²) in [5.41, 5.74) is 11.7. The Morgan fingerprint density at radius 1 is 0.594 bits per heavy atom. The van der Waals surface area contributed by atoms with Crippen molar-refractivity contribution in [3.8, 4) is 57.0 Å². The maximum absolute atomic E-state index is 11.0. The number of aliphatic hydroxyl groups is 2. The molecule has 0 amide bonds. The van der Waals surface area contributed by atoms with Crippen molar-refractivity contribution in [2.24, 2.45) is 0 Å². The molecule has 6 N–H and O–H groups in total. The van der Waals surface area contributed by atoms with Crippen LogP contribution in [0.2, 0.25) is 0 Å². The molecule has 2 unspecified atom stereocenters. The van der Waals surface area contributed by atoms with E-state index < -0.39 is 24.1 Å². The van der Waals surface area contributed by atoms with Gasteiger partial charge < -0.3 is 40.5 Å². The summed E-state index contributed by atoms with van der Waals surface area (Å²) in [5, 5.41) is 63.4. The zero-order valence-electron chi connectivity index (χ0n) is 35.4. The Kier molecular flexibility index (Phi) is 15.9. The van der Waals surface area contributed by atoms with Gasteiger partial charge in [0.1, 0.15) is 36.9 Å². The van der Waals surface area contributed by atoms with Crippen LogP contribution in [0.4, 0.5) is 0 Å². The van der Waals surface area contributed by atoms with E-state index in [1.807, 2.05) is 60.7 Å². The van der Waals surface area contributed by atoms with Crippen molar-refractivity contribution >= 4 is 11.9 Å². The van der Waals surface area contributed by atoms with Gasteiger partial charge in [0, 0.05) is 62.1 Å². The Hall–Kier alpha value is -7.46. The molecule has 14 heteroatoms. The number of rotatable bonds is 21. The zero-order valence-corrected chi connectivity index (χ0v) is 35.4. The molecule has 0 aliphatic rings. The lowest BCUT2D eigenvalue weighted by molar-refractivity contribution is -0.140. The number of pyridine rings is 2. The topological polar surface area (TPSA) is 231 Å². The van der Waals surface area contributed by atoms with Gasteiger partial charge in [0.05, 0.1) is 36.2 Å². The van der Waals surface area contributed by atoms with Crippen LogP contribution in [0.1, 0.15) is 57.3 Å². The quantitative estimate of drug-likeness (QED) is 0.0435. The average molecular weight is 861 g/mol. The van der Waals surface area contributed by atoms with Gasteiger partial charge in [0.15, 0.2) is 0 Å². The number of hydrogen-bond acceptors (Lipinski definition) is 12. The van der Waals surface area contributed by atoms with Gasteiger partial charge in [-0.1, -0.05) is 48.5 Å². The summed E-state index contributed by atoms with van der Waals surface area (Å²) in [5.74, 6) is -0.962. The molecule has 14 nitrogen and oxygen atoms in total. The molecule has 0 fully saturated rings. The molecule has 0 saturated heterocycles. The van der Waals surface area contributed by atoms with Gasteiger partial charge in [-0.3, -0.25) is 19.6 Å². The van der Waals surface area contributed by atoms with E-state index in [0.717, 1.165) is 55.6 Å². The summed E-state index contributed by atoms with van der Waals surface area (Å²) in [6.07, 6.45) is 3.49. The van der Waals surface area contributed by atoms with Gasteiger partial charge in [-0.15, -0.1) is 0 Å². The third kappa shape index (κ3) is 12.3. The Morgan fingerprint density at radius 2 is 1.02 bits per heavy atom. The first-order chi connectivity index (χ1) is 30.9. The van der Waals surface area contributed by atoms with Crippen molar-refractivity contribution in [3.63, 3.8) is 0 Å². The van der Waals surface area contributed by atoms with Gasteiger partial charge >= 0.3 is 11.9 Å². The highest BCUT2D eigenvalue weighted by molar-refractivity contribution is 5.74. The molecule has 2 aromatic heterocycles. The fraction of sp³-hybridized carbons (Fsp3) is 0.240. The molecule has 0 saturated carbocycles. The van der Waals surface area contributed by atoms with E-state index in [2.05, 4.69) is 58.7 Å². The molecule has 0 bridgehead atoms. The third-order valence-electron chi connectivity index (χ3n) is 10.7. The average Bonchev–Trinajstić information content (AvgIpc) is 3.28. The van der Waals surface area contributed by atoms with E-state index in [1.165, 1.54) is 12.4 Å². The number of carbonyl (C=O) groups is 2. The molecule has 2 heterocycles. The normalized spacial score (nSPS) is 11.8. The van der Waals surface area contributed by atoms with Crippen molar-refractivity contribution in [1.82, 2.24) is 20.6 Å². The minimum Gasteiger partial charge on any atom is -0.489 e. The van der Waals surface area contributed by atoms with E-state index in [-0.39, 0.29) is 39.1 Å².